The normalized spacial score (nSPS) is 11.8. The Hall–Kier alpha value is -4.30. The van der Waals surface area contributed by atoms with Gasteiger partial charge in [0.25, 0.3) is 0 Å². The molecule has 2 nitrogen and oxygen atoms in total. The summed E-state index contributed by atoms with van der Waals surface area (Å²) in [7, 11) is 0. The number of nitrogens with one attached hydrogen (secondary N) is 1. The SMILES string of the molecule is [c]1cc(-c2ccc(-n3c4ccccc4c4ccccc43)cc2)c2[nH]c3ccccc3c2c1. The number of hydrogen-bond donors (Lipinski definition) is 1. The first kappa shape index (κ1) is 17.4. The maximum absolute atomic E-state index is 3.61. The van der Waals surface area contributed by atoms with Crippen LogP contribution in [-0.4, -0.2) is 9.55 Å². The van der Waals surface area contributed by atoms with Gasteiger partial charge in [-0.05, 0) is 54.1 Å². The molecule has 0 unspecified atom stereocenters. The van der Waals surface area contributed by atoms with E-state index in [1.165, 1.54) is 49.4 Å². The number of para-hydroxylation sites is 3. The molecule has 0 fully saturated rings. The average Bonchev–Trinajstić information content (AvgIpc) is 3.40. The van der Waals surface area contributed by atoms with Crippen LogP contribution in [0.25, 0.3) is 60.4 Å². The van der Waals surface area contributed by atoms with Crippen LogP contribution in [-0.2, 0) is 0 Å². The monoisotopic (exact) mass is 407 g/mol. The first-order valence-electron chi connectivity index (χ1n) is 10.9. The van der Waals surface area contributed by atoms with Crippen LogP contribution in [0, 0.1) is 6.07 Å². The topological polar surface area (TPSA) is 20.7 Å². The second-order valence-electron chi connectivity index (χ2n) is 8.24. The number of aromatic amines is 1. The zero-order chi connectivity index (χ0) is 21.1. The highest BCUT2D eigenvalue weighted by atomic mass is 15.0. The van der Waals surface area contributed by atoms with Crippen molar-refractivity contribution in [1.29, 1.82) is 0 Å². The van der Waals surface area contributed by atoms with Crippen molar-refractivity contribution in [2.75, 3.05) is 0 Å². The molecule has 1 N–H and O–H groups in total. The van der Waals surface area contributed by atoms with Gasteiger partial charge in [0, 0.05) is 38.3 Å². The van der Waals surface area contributed by atoms with E-state index < -0.39 is 0 Å². The fraction of sp³-hybridized carbons (Fsp3) is 0. The fourth-order valence-electron chi connectivity index (χ4n) is 5.02. The number of aromatic nitrogens is 2. The van der Waals surface area contributed by atoms with E-state index >= 15 is 0 Å². The van der Waals surface area contributed by atoms with E-state index in [0.29, 0.717) is 0 Å². The summed E-state index contributed by atoms with van der Waals surface area (Å²) in [6, 6.07) is 42.1. The molecule has 1 radical (unpaired) electrons. The van der Waals surface area contributed by atoms with E-state index in [2.05, 4.69) is 125 Å². The van der Waals surface area contributed by atoms with Gasteiger partial charge >= 0.3 is 0 Å². The van der Waals surface area contributed by atoms with Gasteiger partial charge in [-0.15, -0.1) is 0 Å². The Kier molecular flexibility index (Phi) is 3.58. The zero-order valence-electron chi connectivity index (χ0n) is 17.3. The van der Waals surface area contributed by atoms with Crippen LogP contribution in [0.4, 0.5) is 0 Å². The van der Waals surface area contributed by atoms with Gasteiger partial charge < -0.3 is 9.55 Å². The summed E-state index contributed by atoms with van der Waals surface area (Å²) in [5.74, 6) is 0. The maximum Gasteiger partial charge on any atom is 0.0544 e. The van der Waals surface area contributed by atoms with E-state index in [1.54, 1.807) is 0 Å². The molecule has 0 amide bonds. The van der Waals surface area contributed by atoms with Crippen molar-refractivity contribution in [3.05, 3.63) is 115 Å². The number of H-pyrrole nitrogens is 1. The molecule has 149 valence electrons. The van der Waals surface area contributed by atoms with Crippen LogP contribution in [0.1, 0.15) is 0 Å². The lowest BCUT2D eigenvalue weighted by molar-refractivity contribution is 1.18. The number of rotatable bonds is 2. The summed E-state index contributed by atoms with van der Waals surface area (Å²) in [6.07, 6.45) is 0. The molecule has 0 saturated carbocycles. The average molecular weight is 407 g/mol. The van der Waals surface area contributed by atoms with Crippen molar-refractivity contribution in [1.82, 2.24) is 9.55 Å². The molecular weight excluding hydrogens is 388 g/mol. The zero-order valence-corrected chi connectivity index (χ0v) is 17.3. The van der Waals surface area contributed by atoms with Gasteiger partial charge in [0.15, 0.2) is 0 Å². The van der Waals surface area contributed by atoms with Crippen molar-refractivity contribution >= 4 is 43.6 Å². The highest BCUT2D eigenvalue weighted by Gasteiger charge is 2.13. The molecule has 2 heterocycles. The van der Waals surface area contributed by atoms with Crippen LogP contribution in [0.15, 0.2) is 109 Å². The first-order valence-corrected chi connectivity index (χ1v) is 10.9. The molecule has 0 aliphatic heterocycles. The minimum absolute atomic E-state index is 1.16. The molecule has 0 aliphatic rings. The smallest absolute Gasteiger partial charge is 0.0544 e. The largest absolute Gasteiger partial charge is 0.354 e. The molecule has 2 aromatic heterocycles. The van der Waals surface area contributed by atoms with Gasteiger partial charge in [-0.3, -0.25) is 0 Å². The Labute approximate surface area is 185 Å². The van der Waals surface area contributed by atoms with E-state index in [4.69, 9.17) is 0 Å². The summed E-state index contributed by atoms with van der Waals surface area (Å²) in [6.45, 7) is 0. The highest BCUT2D eigenvalue weighted by Crippen LogP contribution is 2.35. The third-order valence-corrected chi connectivity index (χ3v) is 6.49. The van der Waals surface area contributed by atoms with Crippen LogP contribution in [0.5, 0.6) is 0 Å². The Morgan fingerprint density at radius 2 is 1.19 bits per heavy atom. The first-order chi connectivity index (χ1) is 15.9. The lowest BCUT2D eigenvalue weighted by atomic mass is 10.0. The summed E-state index contributed by atoms with van der Waals surface area (Å²) in [5.41, 5.74) is 8.30. The van der Waals surface area contributed by atoms with Crippen LogP contribution >= 0.6 is 0 Å². The van der Waals surface area contributed by atoms with Gasteiger partial charge in [-0.2, -0.15) is 0 Å². The standard InChI is InChI=1S/C30H19N2/c1-4-13-27-23(8-1)26-12-7-11-22(30(26)31-27)20-16-18-21(19-17-20)32-28-14-5-2-9-24(28)25-10-3-6-15-29(25)32/h1-6,8-19,31H. The molecule has 2 heteroatoms. The summed E-state index contributed by atoms with van der Waals surface area (Å²) >= 11 is 0. The number of nitrogens with zero attached hydrogens (tertiary/aromatic N) is 1. The van der Waals surface area contributed by atoms with Crippen LogP contribution < -0.4 is 0 Å². The van der Waals surface area contributed by atoms with Gasteiger partial charge in [0.2, 0.25) is 0 Å². The van der Waals surface area contributed by atoms with Crippen LogP contribution in [0.3, 0.4) is 0 Å². The predicted molar refractivity (Wildman–Crippen MR) is 134 cm³/mol. The molecule has 32 heavy (non-hydrogen) atoms. The van der Waals surface area contributed by atoms with Crippen molar-refractivity contribution in [2.24, 2.45) is 0 Å². The Bertz CT molecular complexity index is 1710. The minimum Gasteiger partial charge on any atom is -0.354 e. The molecule has 5 aromatic carbocycles. The van der Waals surface area contributed by atoms with E-state index in [0.717, 1.165) is 11.0 Å². The number of benzene rings is 5. The van der Waals surface area contributed by atoms with E-state index in [9.17, 15) is 0 Å². The fourth-order valence-corrected chi connectivity index (χ4v) is 5.02. The molecule has 7 aromatic rings. The molecule has 0 atom stereocenters. The van der Waals surface area contributed by atoms with E-state index in [1.807, 2.05) is 0 Å². The molecular formula is C30H19N2. The van der Waals surface area contributed by atoms with Gasteiger partial charge in [0.05, 0.1) is 16.6 Å². The Morgan fingerprint density at radius 1 is 0.562 bits per heavy atom. The van der Waals surface area contributed by atoms with Crippen molar-refractivity contribution < 1.29 is 0 Å². The number of fused-ring (bicyclic) bond motifs is 6. The minimum atomic E-state index is 1.16. The maximum atomic E-state index is 3.61. The predicted octanol–water partition coefficient (Wildman–Crippen LogP) is 7.89. The molecule has 0 aliphatic carbocycles. The van der Waals surface area contributed by atoms with E-state index in [-0.39, 0.29) is 0 Å². The highest BCUT2D eigenvalue weighted by molar-refractivity contribution is 6.12. The Morgan fingerprint density at radius 3 is 1.91 bits per heavy atom. The molecule has 0 spiro atoms. The van der Waals surface area contributed by atoms with Gasteiger partial charge in [-0.1, -0.05) is 66.7 Å². The third-order valence-electron chi connectivity index (χ3n) is 6.49. The summed E-state index contributed by atoms with van der Waals surface area (Å²) in [4.78, 5) is 3.61. The quantitative estimate of drug-likeness (QED) is 0.301. The molecule has 0 saturated heterocycles. The lowest BCUT2D eigenvalue weighted by Crippen LogP contribution is -1.93. The summed E-state index contributed by atoms with van der Waals surface area (Å²) < 4.78 is 2.35. The van der Waals surface area contributed by atoms with Crippen molar-refractivity contribution in [3.8, 4) is 16.8 Å². The third kappa shape index (κ3) is 2.41. The van der Waals surface area contributed by atoms with Gasteiger partial charge in [-0.25, -0.2) is 0 Å². The molecule has 7 rings (SSSR count). The molecule has 0 bridgehead atoms. The van der Waals surface area contributed by atoms with Crippen molar-refractivity contribution in [2.45, 2.75) is 0 Å². The van der Waals surface area contributed by atoms with Crippen LogP contribution in [0.2, 0.25) is 0 Å². The lowest BCUT2D eigenvalue weighted by Gasteiger charge is -2.10. The van der Waals surface area contributed by atoms with Crippen molar-refractivity contribution in [3.63, 3.8) is 0 Å². The van der Waals surface area contributed by atoms with Gasteiger partial charge in [0.1, 0.15) is 0 Å². The Balaban J connectivity index is 1.42. The second kappa shape index (κ2) is 6.60. The number of hydrogen-bond acceptors (Lipinski definition) is 0. The second-order valence-corrected chi connectivity index (χ2v) is 8.24. The summed E-state index contributed by atoms with van der Waals surface area (Å²) in [5, 5.41) is 5.02.